The van der Waals surface area contributed by atoms with Gasteiger partial charge in [0.1, 0.15) is 0 Å². The Kier molecular flexibility index (Phi) is 2.91. The fourth-order valence-corrected chi connectivity index (χ4v) is 6.31. The molecule has 0 N–H and O–H groups in total. The van der Waals surface area contributed by atoms with Crippen molar-refractivity contribution < 1.29 is 0 Å². The fraction of sp³-hybridized carbons (Fsp3) is 0.231. The third-order valence-electron chi connectivity index (χ3n) is 7.08. The van der Waals surface area contributed by atoms with Gasteiger partial charge in [0.2, 0.25) is 0 Å². The maximum absolute atomic E-state index is 2.53. The lowest BCUT2D eigenvalue weighted by Crippen LogP contribution is -2.53. The van der Waals surface area contributed by atoms with Crippen LogP contribution in [0.15, 0.2) is 91.0 Å². The maximum Gasteiger partial charge on any atom is 0.0491 e. The topological polar surface area (TPSA) is 0 Å². The highest BCUT2D eigenvalue weighted by molar-refractivity contribution is 5.66. The molecule has 0 amide bonds. The third-order valence-corrected chi connectivity index (χ3v) is 7.08. The van der Waals surface area contributed by atoms with Crippen molar-refractivity contribution in [2.45, 2.75) is 24.2 Å². The van der Waals surface area contributed by atoms with Crippen molar-refractivity contribution in [3.05, 3.63) is 119 Å². The van der Waals surface area contributed by atoms with Crippen LogP contribution >= 0.6 is 0 Å². The summed E-state index contributed by atoms with van der Waals surface area (Å²) in [4.78, 5) is 0. The van der Waals surface area contributed by atoms with Crippen molar-refractivity contribution in [3.8, 4) is 0 Å². The molecule has 26 heavy (non-hydrogen) atoms. The Bertz CT molecular complexity index is 963. The fourth-order valence-electron chi connectivity index (χ4n) is 6.31. The zero-order valence-corrected chi connectivity index (χ0v) is 14.8. The number of allylic oxidation sites excluding steroid dienone is 2. The maximum atomic E-state index is 2.53. The van der Waals surface area contributed by atoms with Crippen LogP contribution in [0.25, 0.3) is 0 Å². The SMILES string of the molecule is C1=CC2C3c4ccccc4C(c4ccccc4)(c4ccccc43)C2CC1. The van der Waals surface area contributed by atoms with E-state index in [9.17, 15) is 0 Å². The molecule has 3 aromatic rings. The molecule has 7 rings (SSSR count). The van der Waals surface area contributed by atoms with E-state index in [0.717, 1.165) is 0 Å². The van der Waals surface area contributed by atoms with Crippen LogP contribution in [0, 0.1) is 11.8 Å². The van der Waals surface area contributed by atoms with Crippen LogP contribution in [0.1, 0.15) is 46.6 Å². The van der Waals surface area contributed by atoms with Gasteiger partial charge in [-0.1, -0.05) is 91.0 Å². The van der Waals surface area contributed by atoms with Gasteiger partial charge in [0.05, 0.1) is 0 Å². The van der Waals surface area contributed by atoms with E-state index in [1.165, 1.54) is 18.4 Å². The predicted molar refractivity (Wildman–Crippen MR) is 106 cm³/mol. The number of benzene rings is 3. The summed E-state index contributed by atoms with van der Waals surface area (Å²) in [5, 5.41) is 0. The standard InChI is InChI=1S/C26H22/c1-2-10-18(11-3-1)26-22-15-7-4-12-19(22)25(20-13-5-8-16-23(20)26)21-14-6-9-17-24(21)26/h1-8,10-16,21,24-25H,9,17H2. The van der Waals surface area contributed by atoms with Gasteiger partial charge in [-0.3, -0.25) is 0 Å². The van der Waals surface area contributed by atoms with Gasteiger partial charge in [-0.05, 0) is 52.5 Å². The molecule has 4 aliphatic carbocycles. The van der Waals surface area contributed by atoms with E-state index in [2.05, 4.69) is 91.0 Å². The minimum Gasteiger partial charge on any atom is -0.0882 e. The summed E-state index contributed by atoms with van der Waals surface area (Å²) in [5.74, 6) is 1.76. The first kappa shape index (κ1) is 14.6. The molecule has 0 aromatic heterocycles. The largest absolute Gasteiger partial charge is 0.0882 e. The second-order valence-electron chi connectivity index (χ2n) is 8.02. The molecule has 0 fully saturated rings. The zero-order valence-electron chi connectivity index (χ0n) is 14.8. The second kappa shape index (κ2) is 5.20. The van der Waals surface area contributed by atoms with E-state index in [0.29, 0.717) is 17.8 Å². The molecule has 2 unspecified atom stereocenters. The molecule has 0 saturated heterocycles. The molecule has 0 saturated carbocycles. The number of rotatable bonds is 1. The molecule has 0 aliphatic heterocycles. The van der Waals surface area contributed by atoms with Crippen molar-refractivity contribution in [3.63, 3.8) is 0 Å². The summed E-state index contributed by atoms with van der Waals surface area (Å²) in [6, 6.07) is 29.8. The lowest BCUT2D eigenvalue weighted by Gasteiger charge is -2.59. The van der Waals surface area contributed by atoms with Gasteiger partial charge >= 0.3 is 0 Å². The van der Waals surface area contributed by atoms with E-state index >= 15 is 0 Å². The molecule has 2 atom stereocenters. The summed E-state index contributed by atoms with van der Waals surface area (Å²) in [5.41, 5.74) is 7.63. The van der Waals surface area contributed by atoms with Crippen molar-refractivity contribution in [2.75, 3.05) is 0 Å². The Hall–Kier alpha value is -2.60. The van der Waals surface area contributed by atoms with Gasteiger partial charge in [0.15, 0.2) is 0 Å². The van der Waals surface area contributed by atoms with Crippen molar-refractivity contribution in [1.82, 2.24) is 0 Å². The lowest BCUT2D eigenvalue weighted by atomic mass is 9.43. The average molecular weight is 334 g/mol. The second-order valence-corrected chi connectivity index (χ2v) is 8.02. The molecule has 0 spiro atoms. The van der Waals surface area contributed by atoms with E-state index in [4.69, 9.17) is 0 Å². The first-order valence-corrected chi connectivity index (χ1v) is 9.83. The third kappa shape index (κ3) is 1.61. The molecule has 0 radical (unpaired) electrons. The minimum absolute atomic E-state index is 0.0153. The Labute approximate surface area is 155 Å². The van der Waals surface area contributed by atoms with Crippen molar-refractivity contribution >= 4 is 0 Å². The van der Waals surface area contributed by atoms with E-state index in [-0.39, 0.29) is 5.41 Å². The normalized spacial score (nSPS) is 30.4. The molecule has 2 bridgehead atoms. The summed E-state index contributed by atoms with van der Waals surface area (Å²) < 4.78 is 0. The molecular formula is C26H22. The highest BCUT2D eigenvalue weighted by Crippen LogP contribution is 2.65. The minimum atomic E-state index is -0.0153. The van der Waals surface area contributed by atoms with Crippen LogP contribution in [0.3, 0.4) is 0 Å². The Morgan fingerprint density at radius 2 is 1.31 bits per heavy atom. The van der Waals surface area contributed by atoms with Crippen molar-refractivity contribution in [1.29, 1.82) is 0 Å². The highest BCUT2D eigenvalue weighted by atomic mass is 14.6. The van der Waals surface area contributed by atoms with Gasteiger partial charge in [0, 0.05) is 11.3 Å². The summed E-state index contributed by atoms with van der Waals surface area (Å²) in [6.07, 6.45) is 7.43. The van der Waals surface area contributed by atoms with E-state index in [1.54, 1.807) is 22.3 Å². The molecular weight excluding hydrogens is 312 g/mol. The van der Waals surface area contributed by atoms with Crippen LogP contribution in [-0.4, -0.2) is 0 Å². The van der Waals surface area contributed by atoms with Crippen LogP contribution < -0.4 is 0 Å². The molecule has 0 nitrogen and oxygen atoms in total. The van der Waals surface area contributed by atoms with E-state index < -0.39 is 0 Å². The Morgan fingerprint density at radius 1 is 0.692 bits per heavy atom. The lowest BCUT2D eigenvalue weighted by molar-refractivity contribution is 0.197. The van der Waals surface area contributed by atoms with E-state index in [1.807, 2.05) is 0 Å². The molecule has 126 valence electrons. The number of hydrogen-bond acceptors (Lipinski definition) is 0. The van der Waals surface area contributed by atoms with Gasteiger partial charge < -0.3 is 0 Å². The molecule has 0 heteroatoms. The van der Waals surface area contributed by atoms with Crippen LogP contribution in [0.4, 0.5) is 0 Å². The number of hydrogen-bond donors (Lipinski definition) is 0. The van der Waals surface area contributed by atoms with Gasteiger partial charge in [-0.2, -0.15) is 0 Å². The highest BCUT2D eigenvalue weighted by Gasteiger charge is 2.58. The molecule has 4 aliphatic rings. The van der Waals surface area contributed by atoms with Gasteiger partial charge in [-0.25, -0.2) is 0 Å². The Morgan fingerprint density at radius 3 is 2.00 bits per heavy atom. The smallest absolute Gasteiger partial charge is 0.0491 e. The van der Waals surface area contributed by atoms with Gasteiger partial charge in [0.25, 0.3) is 0 Å². The zero-order chi connectivity index (χ0) is 17.1. The quantitative estimate of drug-likeness (QED) is 0.474. The first-order valence-electron chi connectivity index (χ1n) is 9.83. The van der Waals surface area contributed by atoms with Crippen LogP contribution in [0.5, 0.6) is 0 Å². The summed E-state index contributed by atoms with van der Waals surface area (Å²) >= 11 is 0. The monoisotopic (exact) mass is 334 g/mol. The summed E-state index contributed by atoms with van der Waals surface area (Å²) in [7, 11) is 0. The molecule has 0 heterocycles. The van der Waals surface area contributed by atoms with Crippen LogP contribution in [-0.2, 0) is 5.41 Å². The predicted octanol–water partition coefficient (Wildman–Crippen LogP) is 6.06. The van der Waals surface area contributed by atoms with Crippen molar-refractivity contribution in [2.24, 2.45) is 11.8 Å². The molecule has 3 aromatic carbocycles. The van der Waals surface area contributed by atoms with Gasteiger partial charge in [-0.15, -0.1) is 0 Å². The Balaban J connectivity index is 1.80. The average Bonchev–Trinajstić information content (AvgIpc) is 2.74. The summed E-state index contributed by atoms with van der Waals surface area (Å²) in [6.45, 7) is 0. The first-order chi connectivity index (χ1) is 12.9. The van der Waals surface area contributed by atoms with Crippen LogP contribution in [0.2, 0.25) is 0 Å².